The van der Waals surface area contributed by atoms with E-state index in [-0.39, 0.29) is 0 Å². The van der Waals surface area contributed by atoms with Gasteiger partial charge in [0.1, 0.15) is 11.9 Å². The van der Waals surface area contributed by atoms with Crippen LogP contribution in [-0.2, 0) is 0 Å². The van der Waals surface area contributed by atoms with Gasteiger partial charge in [-0.05, 0) is 30.7 Å². The van der Waals surface area contributed by atoms with Crippen molar-refractivity contribution in [2.45, 2.75) is 13.0 Å². The molecule has 0 radical (unpaired) electrons. The lowest BCUT2D eigenvalue weighted by atomic mass is 10.2. The third-order valence-corrected chi connectivity index (χ3v) is 2.41. The molecule has 0 atom stereocenters. The summed E-state index contributed by atoms with van der Waals surface area (Å²) in [7, 11) is 0. The van der Waals surface area contributed by atoms with Gasteiger partial charge in [0.15, 0.2) is 0 Å². The van der Waals surface area contributed by atoms with Gasteiger partial charge in [-0.2, -0.15) is 0 Å². The van der Waals surface area contributed by atoms with Gasteiger partial charge in [-0.1, -0.05) is 11.6 Å². The van der Waals surface area contributed by atoms with Crippen molar-refractivity contribution < 1.29 is 4.74 Å². The van der Waals surface area contributed by atoms with Crippen LogP contribution < -0.4 is 10.1 Å². The fourth-order valence-electron chi connectivity index (χ4n) is 1.27. The maximum atomic E-state index is 5.83. The fraction of sp³-hybridized carbons (Fsp3) is 0.400. The summed E-state index contributed by atoms with van der Waals surface area (Å²) in [6, 6.07) is 5.70. The minimum atomic E-state index is 0.333. The van der Waals surface area contributed by atoms with Crippen LogP contribution in [0.25, 0.3) is 0 Å². The molecule has 2 nitrogen and oxygen atoms in total. The van der Waals surface area contributed by atoms with E-state index in [9.17, 15) is 0 Å². The molecule has 0 saturated carbocycles. The Balaban J connectivity index is 2.10. The van der Waals surface area contributed by atoms with E-state index in [2.05, 4.69) is 5.32 Å². The molecular weight excluding hydrogens is 186 g/mol. The zero-order chi connectivity index (χ0) is 9.26. The van der Waals surface area contributed by atoms with E-state index in [1.54, 1.807) is 0 Å². The molecule has 2 rings (SSSR count). The Morgan fingerprint density at radius 3 is 2.77 bits per heavy atom. The zero-order valence-corrected chi connectivity index (χ0v) is 8.27. The molecular formula is C10H12ClNO. The second kappa shape index (κ2) is 3.56. The van der Waals surface area contributed by atoms with Crippen molar-refractivity contribution in [2.75, 3.05) is 13.1 Å². The van der Waals surface area contributed by atoms with Crippen LogP contribution >= 0.6 is 11.6 Å². The summed E-state index contributed by atoms with van der Waals surface area (Å²) in [6.07, 6.45) is 0.333. The minimum Gasteiger partial charge on any atom is -0.487 e. The molecule has 1 aliphatic rings. The summed E-state index contributed by atoms with van der Waals surface area (Å²) in [5.41, 5.74) is 1.10. The number of aryl methyl sites for hydroxylation is 1. The monoisotopic (exact) mass is 197 g/mol. The van der Waals surface area contributed by atoms with Crippen molar-refractivity contribution in [1.29, 1.82) is 0 Å². The zero-order valence-electron chi connectivity index (χ0n) is 7.51. The van der Waals surface area contributed by atoms with Gasteiger partial charge in [0, 0.05) is 18.1 Å². The van der Waals surface area contributed by atoms with Crippen LogP contribution in [-0.4, -0.2) is 19.2 Å². The lowest BCUT2D eigenvalue weighted by molar-refractivity contribution is 0.141. The summed E-state index contributed by atoms with van der Waals surface area (Å²) in [4.78, 5) is 0. The molecule has 0 aromatic heterocycles. The van der Waals surface area contributed by atoms with Gasteiger partial charge >= 0.3 is 0 Å². The highest BCUT2D eigenvalue weighted by atomic mass is 35.5. The van der Waals surface area contributed by atoms with E-state index in [0.29, 0.717) is 6.10 Å². The minimum absolute atomic E-state index is 0.333. The first-order valence-corrected chi connectivity index (χ1v) is 4.77. The van der Waals surface area contributed by atoms with Crippen LogP contribution in [0.15, 0.2) is 18.2 Å². The molecule has 0 spiro atoms. The third kappa shape index (κ3) is 1.95. The van der Waals surface area contributed by atoms with Crippen molar-refractivity contribution in [3.8, 4) is 5.75 Å². The van der Waals surface area contributed by atoms with Crippen LogP contribution in [0.3, 0.4) is 0 Å². The van der Waals surface area contributed by atoms with E-state index in [1.165, 1.54) is 0 Å². The van der Waals surface area contributed by atoms with Crippen molar-refractivity contribution in [3.05, 3.63) is 28.8 Å². The van der Waals surface area contributed by atoms with Crippen LogP contribution in [0.4, 0.5) is 0 Å². The number of hydrogen-bond donors (Lipinski definition) is 1. The molecule has 1 aliphatic heterocycles. The van der Waals surface area contributed by atoms with E-state index >= 15 is 0 Å². The first-order valence-electron chi connectivity index (χ1n) is 4.39. The maximum Gasteiger partial charge on any atom is 0.123 e. The molecule has 1 fully saturated rings. The molecule has 0 unspecified atom stereocenters. The first kappa shape index (κ1) is 8.85. The van der Waals surface area contributed by atoms with Crippen LogP contribution in [0.1, 0.15) is 5.56 Å². The van der Waals surface area contributed by atoms with Crippen LogP contribution in [0.5, 0.6) is 5.75 Å². The fourth-order valence-corrected chi connectivity index (χ4v) is 1.50. The molecule has 3 heteroatoms. The van der Waals surface area contributed by atoms with Gasteiger partial charge in [0.05, 0.1) is 0 Å². The molecule has 1 aromatic rings. The SMILES string of the molecule is Cc1cc(Cl)ccc1OC1CNC1. The van der Waals surface area contributed by atoms with Crippen molar-refractivity contribution in [1.82, 2.24) is 5.32 Å². The predicted octanol–water partition coefficient (Wildman–Crippen LogP) is 2.00. The summed E-state index contributed by atoms with van der Waals surface area (Å²) < 4.78 is 5.71. The summed E-state index contributed by atoms with van der Waals surface area (Å²) >= 11 is 5.83. The largest absolute Gasteiger partial charge is 0.487 e. The normalized spacial score (nSPS) is 16.8. The van der Waals surface area contributed by atoms with Crippen molar-refractivity contribution >= 4 is 11.6 Å². The Hall–Kier alpha value is -0.730. The molecule has 0 amide bonds. The van der Waals surface area contributed by atoms with Crippen LogP contribution in [0.2, 0.25) is 5.02 Å². The van der Waals surface area contributed by atoms with Gasteiger partial charge in [0.2, 0.25) is 0 Å². The van der Waals surface area contributed by atoms with Gasteiger partial charge in [-0.15, -0.1) is 0 Å². The Bertz CT molecular complexity index is 310. The average molecular weight is 198 g/mol. The highest BCUT2D eigenvalue weighted by molar-refractivity contribution is 6.30. The Kier molecular flexibility index (Phi) is 2.42. The smallest absolute Gasteiger partial charge is 0.123 e. The number of rotatable bonds is 2. The topological polar surface area (TPSA) is 21.3 Å². The third-order valence-electron chi connectivity index (χ3n) is 2.17. The summed E-state index contributed by atoms with van der Waals surface area (Å²) in [6.45, 7) is 3.90. The summed E-state index contributed by atoms with van der Waals surface area (Å²) in [5.74, 6) is 0.941. The lowest BCUT2D eigenvalue weighted by Crippen LogP contribution is -2.50. The second-order valence-electron chi connectivity index (χ2n) is 3.31. The maximum absolute atomic E-state index is 5.83. The molecule has 1 aromatic carbocycles. The Morgan fingerprint density at radius 2 is 2.23 bits per heavy atom. The van der Waals surface area contributed by atoms with Gasteiger partial charge < -0.3 is 10.1 Å². The van der Waals surface area contributed by atoms with E-state index in [1.807, 2.05) is 25.1 Å². The average Bonchev–Trinajstić information content (AvgIpc) is 1.99. The number of nitrogens with one attached hydrogen (secondary N) is 1. The van der Waals surface area contributed by atoms with E-state index in [0.717, 1.165) is 29.4 Å². The summed E-state index contributed by atoms with van der Waals surface area (Å²) in [5, 5.41) is 3.92. The lowest BCUT2D eigenvalue weighted by Gasteiger charge is -2.28. The van der Waals surface area contributed by atoms with E-state index in [4.69, 9.17) is 16.3 Å². The molecule has 70 valence electrons. The van der Waals surface area contributed by atoms with Crippen molar-refractivity contribution in [3.63, 3.8) is 0 Å². The van der Waals surface area contributed by atoms with Crippen LogP contribution in [0, 0.1) is 6.92 Å². The van der Waals surface area contributed by atoms with Gasteiger partial charge in [-0.3, -0.25) is 0 Å². The predicted molar refractivity (Wildman–Crippen MR) is 53.5 cm³/mol. The Morgan fingerprint density at radius 1 is 1.46 bits per heavy atom. The second-order valence-corrected chi connectivity index (χ2v) is 3.74. The van der Waals surface area contributed by atoms with Gasteiger partial charge in [-0.25, -0.2) is 0 Å². The highest BCUT2D eigenvalue weighted by Crippen LogP contribution is 2.23. The number of hydrogen-bond acceptors (Lipinski definition) is 2. The number of halogens is 1. The Labute approximate surface area is 82.9 Å². The standard InChI is InChI=1S/C10H12ClNO/c1-7-4-8(11)2-3-10(7)13-9-5-12-6-9/h2-4,9,12H,5-6H2,1H3. The number of benzene rings is 1. The molecule has 13 heavy (non-hydrogen) atoms. The first-order chi connectivity index (χ1) is 6.25. The molecule has 1 N–H and O–H groups in total. The van der Waals surface area contributed by atoms with E-state index < -0.39 is 0 Å². The molecule has 1 saturated heterocycles. The molecule has 0 aliphatic carbocycles. The quantitative estimate of drug-likeness (QED) is 0.783. The highest BCUT2D eigenvalue weighted by Gasteiger charge is 2.18. The molecule has 0 bridgehead atoms. The number of ether oxygens (including phenoxy) is 1. The van der Waals surface area contributed by atoms with Gasteiger partial charge in [0.25, 0.3) is 0 Å². The molecule has 1 heterocycles. The van der Waals surface area contributed by atoms with Crippen molar-refractivity contribution in [2.24, 2.45) is 0 Å².